The summed E-state index contributed by atoms with van der Waals surface area (Å²) in [5.74, 6) is -0.572. The smallest absolute Gasteiger partial charge is 0.337 e. The molecule has 4 rings (SSSR count). The second-order valence-corrected chi connectivity index (χ2v) is 9.20. The molecule has 1 heterocycles. The molecule has 168 valence electrons. The van der Waals surface area contributed by atoms with E-state index >= 15 is 0 Å². The van der Waals surface area contributed by atoms with Crippen LogP contribution in [0.15, 0.2) is 71.9 Å². The van der Waals surface area contributed by atoms with Gasteiger partial charge in [0.2, 0.25) is 5.91 Å². The van der Waals surface area contributed by atoms with E-state index in [0.29, 0.717) is 21.4 Å². The standard InChI is InChI=1S/C25H22ClN3O3S/c1-15-8-13-20(19(26)14-15)27-23(30)16(2)33-25-28-21-6-4-5-7-22(21)29(25)18-11-9-17(10-12-18)24(31)32-3/h4-14,16H,1-3H3,(H,27,30). The monoisotopic (exact) mass is 479 g/mol. The van der Waals surface area contributed by atoms with Gasteiger partial charge < -0.3 is 10.1 Å². The molecular formula is C25H22ClN3O3S. The fraction of sp³-hybridized carbons (Fsp3) is 0.160. The largest absolute Gasteiger partial charge is 0.465 e. The zero-order chi connectivity index (χ0) is 23.5. The average Bonchev–Trinajstić information content (AvgIpc) is 3.18. The number of benzene rings is 3. The summed E-state index contributed by atoms with van der Waals surface area (Å²) in [5, 5.41) is 3.62. The number of imidazole rings is 1. The quantitative estimate of drug-likeness (QED) is 0.275. The number of halogens is 1. The number of nitrogens with zero attached hydrogens (tertiary/aromatic N) is 2. The van der Waals surface area contributed by atoms with Crippen molar-refractivity contribution < 1.29 is 14.3 Å². The first kappa shape index (κ1) is 22.9. The lowest BCUT2D eigenvalue weighted by molar-refractivity contribution is -0.115. The zero-order valence-corrected chi connectivity index (χ0v) is 19.9. The van der Waals surface area contributed by atoms with Crippen molar-refractivity contribution in [3.63, 3.8) is 0 Å². The summed E-state index contributed by atoms with van der Waals surface area (Å²) in [5.41, 5.74) is 4.60. The van der Waals surface area contributed by atoms with Crippen LogP contribution in [0.5, 0.6) is 0 Å². The minimum atomic E-state index is -0.438. The fourth-order valence-electron chi connectivity index (χ4n) is 3.36. The normalized spacial score (nSPS) is 11.9. The molecule has 1 aromatic heterocycles. The van der Waals surface area contributed by atoms with Gasteiger partial charge in [-0.05, 0) is 67.9 Å². The van der Waals surface area contributed by atoms with Crippen molar-refractivity contribution in [1.29, 1.82) is 0 Å². The molecule has 8 heteroatoms. The summed E-state index contributed by atoms with van der Waals surface area (Å²) in [6, 6.07) is 20.3. The molecule has 0 aliphatic rings. The van der Waals surface area contributed by atoms with Crippen molar-refractivity contribution in [1.82, 2.24) is 9.55 Å². The molecule has 33 heavy (non-hydrogen) atoms. The number of para-hydroxylation sites is 2. The van der Waals surface area contributed by atoms with E-state index in [1.165, 1.54) is 18.9 Å². The number of rotatable bonds is 6. The molecule has 1 amide bonds. The predicted molar refractivity (Wildman–Crippen MR) is 133 cm³/mol. The van der Waals surface area contributed by atoms with Crippen LogP contribution in [-0.4, -0.2) is 33.8 Å². The highest BCUT2D eigenvalue weighted by atomic mass is 35.5. The van der Waals surface area contributed by atoms with Crippen molar-refractivity contribution in [3.05, 3.63) is 82.9 Å². The molecule has 0 spiro atoms. The first-order valence-corrected chi connectivity index (χ1v) is 11.5. The number of amides is 1. The molecule has 0 saturated heterocycles. The fourth-order valence-corrected chi connectivity index (χ4v) is 4.59. The molecule has 1 unspecified atom stereocenters. The van der Waals surface area contributed by atoms with Gasteiger partial charge in [0.1, 0.15) is 0 Å². The second-order valence-electron chi connectivity index (χ2n) is 7.49. The molecule has 0 aliphatic carbocycles. The summed E-state index contributed by atoms with van der Waals surface area (Å²) < 4.78 is 6.76. The van der Waals surface area contributed by atoms with Gasteiger partial charge in [0, 0.05) is 5.69 Å². The number of esters is 1. The molecule has 0 bridgehead atoms. The van der Waals surface area contributed by atoms with Gasteiger partial charge in [0.15, 0.2) is 5.16 Å². The Labute approximate surface area is 200 Å². The third-order valence-electron chi connectivity index (χ3n) is 5.11. The minimum absolute atomic E-state index is 0.176. The lowest BCUT2D eigenvalue weighted by Gasteiger charge is -2.14. The zero-order valence-electron chi connectivity index (χ0n) is 18.3. The third kappa shape index (κ3) is 4.89. The maximum absolute atomic E-state index is 12.9. The van der Waals surface area contributed by atoms with Crippen molar-refractivity contribution in [2.45, 2.75) is 24.3 Å². The lowest BCUT2D eigenvalue weighted by atomic mass is 10.2. The van der Waals surface area contributed by atoms with Crippen LogP contribution in [0.2, 0.25) is 5.02 Å². The van der Waals surface area contributed by atoms with E-state index in [0.717, 1.165) is 22.3 Å². The Kier molecular flexibility index (Phi) is 6.72. The molecule has 6 nitrogen and oxygen atoms in total. The molecule has 4 aromatic rings. The number of hydrogen-bond donors (Lipinski definition) is 1. The number of anilines is 1. The van der Waals surface area contributed by atoms with E-state index in [-0.39, 0.29) is 5.91 Å². The molecule has 0 aliphatic heterocycles. The number of fused-ring (bicyclic) bond motifs is 1. The van der Waals surface area contributed by atoms with E-state index in [1.807, 2.05) is 66.9 Å². The Hall–Kier alpha value is -3.29. The Balaban J connectivity index is 1.63. The van der Waals surface area contributed by atoms with Crippen LogP contribution in [0.1, 0.15) is 22.8 Å². The number of carbonyl (C=O) groups excluding carboxylic acids is 2. The van der Waals surface area contributed by atoms with Crippen molar-refractivity contribution in [2.24, 2.45) is 0 Å². The van der Waals surface area contributed by atoms with Gasteiger partial charge in [0.25, 0.3) is 0 Å². The second kappa shape index (κ2) is 9.68. The van der Waals surface area contributed by atoms with Gasteiger partial charge in [-0.3, -0.25) is 9.36 Å². The van der Waals surface area contributed by atoms with E-state index in [2.05, 4.69) is 5.32 Å². The summed E-state index contributed by atoms with van der Waals surface area (Å²) in [6.45, 7) is 3.77. The number of aromatic nitrogens is 2. The maximum atomic E-state index is 12.9. The highest BCUT2D eigenvalue weighted by Gasteiger charge is 2.21. The van der Waals surface area contributed by atoms with Crippen LogP contribution >= 0.6 is 23.4 Å². The number of carbonyl (C=O) groups is 2. The van der Waals surface area contributed by atoms with Crippen molar-refractivity contribution >= 4 is 52.0 Å². The van der Waals surface area contributed by atoms with Crippen molar-refractivity contribution in [2.75, 3.05) is 12.4 Å². The molecule has 0 fully saturated rings. The molecular weight excluding hydrogens is 458 g/mol. The van der Waals surface area contributed by atoms with E-state index in [4.69, 9.17) is 21.3 Å². The van der Waals surface area contributed by atoms with Gasteiger partial charge in [-0.15, -0.1) is 0 Å². The van der Waals surface area contributed by atoms with E-state index < -0.39 is 11.2 Å². The van der Waals surface area contributed by atoms with Crippen molar-refractivity contribution in [3.8, 4) is 5.69 Å². The van der Waals surface area contributed by atoms with Crippen LogP contribution in [0.3, 0.4) is 0 Å². The Morgan fingerprint density at radius 3 is 2.52 bits per heavy atom. The molecule has 0 saturated carbocycles. The Morgan fingerprint density at radius 1 is 1.09 bits per heavy atom. The number of ether oxygens (including phenoxy) is 1. The Morgan fingerprint density at radius 2 is 1.82 bits per heavy atom. The third-order valence-corrected chi connectivity index (χ3v) is 6.48. The number of methoxy groups -OCH3 is 1. The van der Waals surface area contributed by atoms with Gasteiger partial charge >= 0.3 is 5.97 Å². The molecule has 0 radical (unpaired) electrons. The summed E-state index contributed by atoms with van der Waals surface area (Å²) in [6.07, 6.45) is 0. The highest BCUT2D eigenvalue weighted by Crippen LogP contribution is 2.31. The molecule has 1 atom stereocenters. The Bertz CT molecular complexity index is 1330. The van der Waals surface area contributed by atoms with Crippen LogP contribution in [-0.2, 0) is 9.53 Å². The topological polar surface area (TPSA) is 73.2 Å². The van der Waals surface area contributed by atoms with E-state index in [9.17, 15) is 9.59 Å². The predicted octanol–water partition coefficient (Wildman–Crippen LogP) is 5.89. The summed E-state index contributed by atoms with van der Waals surface area (Å²) in [7, 11) is 1.35. The average molecular weight is 480 g/mol. The lowest BCUT2D eigenvalue weighted by Crippen LogP contribution is -2.23. The van der Waals surface area contributed by atoms with Crippen LogP contribution in [0, 0.1) is 6.92 Å². The van der Waals surface area contributed by atoms with Crippen LogP contribution in [0.4, 0.5) is 5.69 Å². The van der Waals surface area contributed by atoms with Gasteiger partial charge in [-0.1, -0.05) is 41.6 Å². The van der Waals surface area contributed by atoms with Gasteiger partial charge in [-0.2, -0.15) is 0 Å². The first-order chi connectivity index (χ1) is 15.9. The number of thioether (sulfide) groups is 1. The minimum Gasteiger partial charge on any atom is -0.465 e. The van der Waals surface area contributed by atoms with Crippen LogP contribution < -0.4 is 5.32 Å². The first-order valence-electron chi connectivity index (χ1n) is 10.3. The van der Waals surface area contributed by atoms with Crippen LogP contribution in [0.25, 0.3) is 16.7 Å². The molecule has 1 N–H and O–H groups in total. The number of aryl methyl sites for hydroxylation is 1. The summed E-state index contributed by atoms with van der Waals surface area (Å²) >= 11 is 7.62. The van der Waals surface area contributed by atoms with E-state index in [1.54, 1.807) is 18.2 Å². The van der Waals surface area contributed by atoms with Gasteiger partial charge in [0.05, 0.1) is 39.7 Å². The maximum Gasteiger partial charge on any atom is 0.337 e. The van der Waals surface area contributed by atoms with Gasteiger partial charge in [-0.25, -0.2) is 9.78 Å². The number of nitrogens with one attached hydrogen (secondary N) is 1. The summed E-state index contributed by atoms with van der Waals surface area (Å²) in [4.78, 5) is 29.4. The highest BCUT2D eigenvalue weighted by molar-refractivity contribution is 8.00. The number of hydrogen-bond acceptors (Lipinski definition) is 5. The molecule has 3 aromatic carbocycles. The SMILES string of the molecule is COC(=O)c1ccc(-n2c(SC(C)C(=O)Nc3ccc(C)cc3Cl)nc3ccccc32)cc1.